The van der Waals surface area contributed by atoms with E-state index in [1.165, 1.54) is 10.6 Å². The third-order valence-corrected chi connectivity index (χ3v) is 4.10. The monoisotopic (exact) mass is 377 g/mol. The third kappa shape index (κ3) is 2.35. The maximum atomic E-state index is 12.8. The zero-order valence-electron chi connectivity index (χ0n) is 12.7. The number of rotatable bonds is 2. The van der Waals surface area contributed by atoms with E-state index < -0.39 is 11.4 Å². The van der Waals surface area contributed by atoms with Crippen LogP contribution in [0.15, 0.2) is 33.6 Å². The maximum absolute atomic E-state index is 12.8. The van der Waals surface area contributed by atoms with Crippen molar-refractivity contribution < 1.29 is 13.9 Å². The Morgan fingerprint density at radius 3 is 2.92 bits per heavy atom. The molecule has 0 aliphatic carbocycles. The summed E-state index contributed by atoms with van der Waals surface area (Å²) in [4.78, 5) is 33.1. The molecule has 0 atom stereocenters. The molecular weight excluding hydrogens is 369 g/mol. The summed E-state index contributed by atoms with van der Waals surface area (Å²) in [6.07, 6.45) is 1.27. The van der Waals surface area contributed by atoms with Crippen molar-refractivity contribution in [3.63, 3.8) is 0 Å². The van der Waals surface area contributed by atoms with Crippen LogP contribution in [0, 0.1) is 0 Å². The van der Waals surface area contributed by atoms with Crippen LogP contribution in [0.4, 0.5) is 0 Å². The van der Waals surface area contributed by atoms with Crippen LogP contribution in [0.5, 0.6) is 0 Å². The Bertz CT molecular complexity index is 1230. The van der Waals surface area contributed by atoms with Gasteiger partial charge in [0.2, 0.25) is 16.4 Å². The summed E-state index contributed by atoms with van der Waals surface area (Å²) in [5.41, 5.74) is 0.379. The van der Waals surface area contributed by atoms with Crippen molar-refractivity contribution in [1.82, 2.24) is 14.4 Å². The minimum absolute atomic E-state index is 0.0167. The summed E-state index contributed by atoms with van der Waals surface area (Å²) in [7, 11) is 0. The van der Waals surface area contributed by atoms with Gasteiger partial charge in [-0.1, -0.05) is 11.6 Å². The molecule has 0 radical (unpaired) electrons. The number of esters is 1. The van der Waals surface area contributed by atoms with Crippen molar-refractivity contribution in [2.24, 2.45) is 0 Å². The number of carbonyl (C=O) groups is 1. The van der Waals surface area contributed by atoms with Crippen molar-refractivity contribution in [3.05, 3.63) is 50.5 Å². The van der Waals surface area contributed by atoms with Crippen LogP contribution < -0.4 is 5.43 Å². The number of pyridine rings is 1. The van der Waals surface area contributed by atoms with E-state index in [4.69, 9.17) is 32.4 Å². The predicted octanol–water partition coefficient (Wildman–Crippen LogP) is 3.47. The van der Waals surface area contributed by atoms with Gasteiger partial charge in [-0.15, -0.1) is 0 Å². The summed E-state index contributed by atoms with van der Waals surface area (Å²) >= 11 is 12.0. The van der Waals surface area contributed by atoms with E-state index >= 15 is 0 Å². The van der Waals surface area contributed by atoms with Gasteiger partial charge in [-0.25, -0.2) is 9.78 Å². The molecule has 0 saturated carbocycles. The van der Waals surface area contributed by atoms with Crippen molar-refractivity contribution in [2.75, 3.05) is 6.61 Å². The van der Waals surface area contributed by atoms with Crippen molar-refractivity contribution in [2.45, 2.75) is 6.92 Å². The molecule has 4 rings (SSSR count). The Labute approximate surface area is 149 Å². The van der Waals surface area contributed by atoms with Crippen molar-refractivity contribution >= 4 is 57.0 Å². The number of oxazole rings is 1. The zero-order chi connectivity index (χ0) is 17.7. The number of ether oxygens (including phenoxy) is 1. The minimum Gasteiger partial charge on any atom is -0.462 e. The van der Waals surface area contributed by atoms with Crippen LogP contribution in [0.2, 0.25) is 10.3 Å². The highest BCUT2D eigenvalue weighted by Gasteiger charge is 2.25. The Morgan fingerprint density at radius 2 is 2.16 bits per heavy atom. The number of hydrogen-bond acceptors (Lipinski definition) is 6. The molecular formula is C16H9Cl2N3O4. The maximum Gasteiger partial charge on any atom is 0.347 e. The van der Waals surface area contributed by atoms with E-state index in [0.29, 0.717) is 16.1 Å². The SMILES string of the molecule is CCOC(=O)c1c(=O)c2cnc(Cl)nc2n2c1oc1ccc(Cl)cc12. The van der Waals surface area contributed by atoms with Crippen LogP contribution in [-0.4, -0.2) is 26.9 Å². The van der Waals surface area contributed by atoms with E-state index in [1.807, 2.05) is 0 Å². The molecule has 3 aromatic heterocycles. The molecule has 0 amide bonds. The normalized spacial score (nSPS) is 11.5. The van der Waals surface area contributed by atoms with Gasteiger partial charge >= 0.3 is 5.97 Å². The molecule has 0 saturated heterocycles. The molecule has 25 heavy (non-hydrogen) atoms. The van der Waals surface area contributed by atoms with E-state index in [2.05, 4.69) is 9.97 Å². The quantitative estimate of drug-likeness (QED) is 0.392. The second-order valence-electron chi connectivity index (χ2n) is 5.16. The summed E-state index contributed by atoms with van der Waals surface area (Å²) in [6, 6.07) is 4.92. The van der Waals surface area contributed by atoms with Gasteiger partial charge in [0.25, 0.3) is 0 Å². The first-order valence-corrected chi connectivity index (χ1v) is 8.03. The molecule has 3 heterocycles. The van der Waals surface area contributed by atoms with E-state index in [1.54, 1.807) is 25.1 Å². The summed E-state index contributed by atoms with van der Waals surface area (Å²) in [5, 5.41) is 0.536. The van der Waals surface area contributed by atoms with Crippen molar-refractivity contribution in [3.8, 4) is 0 Å². The van der Waals surface area contributed by atoms with Gasteiger partial charge in [-0.3, -0.25) is 9.20 Å². The molecule has 4 aromatic rings. The second-order valence-corrected chi connectivity index (χ2v) is 5.93. The van der Waals surface area contributed by atoms with E-state index in [-0.39, 0.29) is 34.2 Å². The van der Waals surface area contributed by atoms with E-state index in [0.717, 1.165) is 0 Å². The zero-order valence-corrected chi connectivity index (χ0v) is 14.3. The molecule has 1 aromatic carbocycles. The molecule has 0 aliphatic rings. The lowest BCUT2D eigenvalue weighted by molar-refractivity contribution is 0.0526. The van der Waals surface area contributed by atoms with Crippen molar-refractivity contribution in [1.29, 1.82) is 0 Å². The Balaban J connectivity index is 2.30. The van der Waals surface area contributed by atoms with Crippen LogP contribution in [-0.2, 0) is 4.74 Å². The van der Waals surface area contributed by atoms with Crippen LogP contribution in [0.25, 0.3) is 27.8 Å². The largest absolute Gasteiger partial charge is 0.462 e. The predicted molar refractivity (Wildman–Crippen MR) is 92.5 cm³/mol. The number of nitrogens with zero attached hydrogens (tertiary/aromatic N) is 3. The van der Waals surface area contributed by atoms with Gasteiger partial charge in [0.05, 0.1) is 17.5 Å². The minimum atomic E-state index is -0.785. The lowest BCUT2D eigenvalue weighted by Crippen LogP contribution is -2.20. The molecule has 7 nitrogen and oxygen atoms in total. The lowest BCUT2D eigenvalue weighted by Gasteiger charge is -2.06. The van der Waals surface area contributed by atoms with Gasteiger partial charge in [-0.2, -0.15) is 4.98 Å². The topological polar surface area (TPSA) is 86.7 Å². The molecule has 0 fully saturated rings. The second kappa shape index (κ2) is 5.72. The van der Waals surface area contributed by atoms with Crippen LogP contribution >= 0.6 is 23.2 Å². The van der Waals surface area contributed by atoms with Gasteiger partial charge in [0.15, 0.2) is 16.8 Å². The van der Waals surface area contributed by atoms with Gasteiger partial charge < -0.3 is 9.15 Å². The molecule has 0 aliphatic heterocycles. The fraction of sp³-hybridized carbons (Fsp3) is 0.125. The number of benzene rings is 1. The fourth-order valence-electron chi connectivity index (χ4n) is 2.68. The lowest BCUT2D eigenvalue weighted by atomic mass is 10.2. The Hall–Kier alpha value is -2.64. The standard InChI is InChI=1S/C16H9Cl2N3O4/c1-2-24-15(23)11-12(22)8-6-19-16(18)20-13(8)21-9-5-7(17)3-4-10(9)25-14(11)21/h3-6H,2H2,1H3. The highest BCUT2D eigenvalue weighted by Crippen LogP contribution is 2.28. The van der Waals surface area contributed by atoms with Crippen LogP contribution in [0.1, 0.15) is 17.3 Å². The van der Waals surface area contributed by atoms with Gasteiger partial charge in [0, 0.05) is 11.2 Å². The average molecular weight is 378 g/mol. The number of aromatic nitrogens is 3. The van der Waals surface area contributed by atoms with Crippen LogP contribution in [0.3, 0.4) is 0 Å². The first-order chi connectivity index (χ1) is 12.0. The number of halogens is 2. The number of fused-ring (bicyclic) bond motifs is 5. The number of hydrogen-bond donors (Lipinski definition) is 0. The summed E-state index contributed by atoms with van der Waals surface area (Å²) in [5.74, 6) is -0.785. The first kappa shape index (κ1) is 15.9. The molecule has 0 spiro atoms. The van der Waals surface area contributed by atoms with Gasteiger partial charge in [0.1, 0.15) is 0 Å². The molecule has 9 heteroatoms. The molecule has 0 unspecified atom stereocenters. The Morgan fingerprint density at radius 1 is 1.36 bits per heavy atom. The molecule has 0 N–H and O–H groups in total. The van der Waals surface area contributed by atoms with E-state index in [9.17, 15) is 9.59 Å². The molecule has 0 bridgehead atoms. The average Bonchev–Trinajstić information content (AvgIpc) is 2.93. The first-order valence-electron chi connectivity index (χ1n) is 7.27. The highest BCUT2D eigenvalue weighted by atomic mass is 35.5. The summed E-state index contributed by atoms with van der Waals surface area (Å²) < 4.78 is 12.3. The third-order valence-electron chi connectivity index (χ3n) is 3.69. The summed E-state index contributed by atoms with van der Waals surface area (Å²) in [6.45, 7) is 1.76. The smallest absolute Gasteiger partial charge is 0.347 e. The fourth-order valence-corrected chi connectivity index (χ4v) is 2.98. The Kier molecular flexibility index (Phi) is 3.63. The number of carbonyl (C=O) groups excluding carboxylic acids is 1. The van der Waals surface area contributed by atoms with Gasteiger partial charge in [-0.05, 0) is 36.7 Å². The highest BCUT2D eigenvalue weighted by molar-refractivity contribution is 6.31. The molecule has 126 valence electrons.